The fraction of sp³-hybridized carbons (Fsp3) is 0.567. The van der Waals surface area contributed by atoms with Crippen molar-refractivity contribution >= 4 is 5.97 Å². The van der Waals surface area contributed by atoms with Gasteiger partial charge >= 0.3 is 5.97 Å². The quantitative estimate of drug-likeness (QED) is 0.486. The van der Waals surface area contributed by atoms with Crippen molar-refractivity contribution in [3.05, 3.63) is 71.8 Å². The Morgan fingerprint density at radius 2 is 1.69 bits per heavy atom. The summed E-state index contributed by atoms with van der Waals surface area (Å²) in [5, 5.41) is 21.0. The van der Waals surface area contributed by atoms with Gasteiger partial charge in [0.15, 0.2) is 0 Å². The van der Waals surface area contributed by atoms with Crippen LogP contribution >= 0.6 is 0 Å². The Bertz CT molecular complexity index is 912. The zero-order chi connectivity index (χ0) is 24.7. The molecule has 2 N–H and O–H groups in total. The first-order chi connectivity index (χ1) is 17.0. The van der Waals surface area contributed by atoms with E-state index in [0.29, 0.717) is 18.3 Å². The van der Waals surface area contributed by atoms with Crippen LogP contribution in [0.25, 0.3) is 0 Å². The largest absolute Gasteiger partial charge is 0.480 e. The van der Waals surface area contributed by atoms with Crippen molar-refractivity contribution in [2.45, 2.75) is 69.4 Å². The van der Waals surface area contributed by atoms with Gasteiger partial charge in [-0.25, -0.2) is 0 Å². The summed E-state index contributed by atoms with van der Waals surface area (Å²) in [6, 6.07) is 20.7. The number of hydrogen-bond acceptors (Lipinski definition) is 4. The van der Waals surface area contributed by atoms with E-state index in [1.54, 1.807) is 0 Å². The van der Waals surface area contributed by atoms with Crippen LogP contribution in [0.1, 0.15) is 62.5 Å². The van der Waals surface area contributed by atoms with E-state index in [1.807, 2.05) is 12.1 Å². The predicted octanol–water partition coefficient (Wildman–Crippen LogP) is 4.81. The number of carboxylic acid groups (broad SMARTS) is 1. The molecule has 2 aromatic carbocycles. The number of benzene rings is 2. The second-order valence-electron chi connectivity index (χ2n) is 10.7. The molecule has 0 aromatic heterocycles. The highest BCUT2D eigenvalue weighted by atomic mass is 16.4. The minimum absolute atomic E-state index is 0.349. The number of rotatable bonds is 11. The average Bonchev–Trinajstić information content (AvgIpc) is 3.28. The first kappa shape index (κ1) is 25.9. The lowest BCUT2D eigenvalue weighted by molar-refractivity contribution is -0.143. The number of aryl methyl sites for hydroxylation is 1. The van der Waals surface area contributed by atoms with Gasteiger partial charge in [-0.15, -0.1) is 0 Å². The summed E-state index contributed by atoms with van der Waals surface area (Å²) in [6.45, 7) is 6.49. The minimum atomic E-state index is -0.696. The normalized spacial score (nSPS) is 23.8. The van der Waals surface area contributed by atoms with Crippen LogP contribution in [0.15, 0.2) is 60.7 Å². The molecular formula is C30H42N2O3. The Balaban J connectivity index is 1.34. The van der Waals surface area contributed by atoms with Crippen LogP contribution in [0.3, 0.4) is 0 Å². The van der Waals surface area contributed by atoms with Crippen molar-refractivity contribution in [2.24, 2.45) is 5.92 Å². The molecule has 0 amide bonds. The number of carbonyl (C=O) groups is 1. The van der Waals surface area contributed by atoms with E-state index < -0.39 is 17.6 Å². The van der Waals surface area contributed by atoms with Crippen molar-refractivity contribution in [3.8, 4) is 0 Å². The predicted molar refractivity (Wildman–Crippen MR) is 141 cm³/mol. The van der Waals surface area contributed by atoms with Crippen LogP contribution in [0, 0.1) is 5.92 Å². The highest BCUT2D eigenvalue weighted by Crippen LogP contribution is 2.36. The summed E-state index contributed by atoms with van der Waals surface area (Å²) in [4.78, 5) is 16.7. The number of piperidine rings is 1. The van der Waals surface area contributed by atoms with Gasteiger partial charge in [0.25, 0.3) is 0 Å². The Kier molecular flexibility index (Phi) is 8.99. The Labute approximate surface area is 210 Å². The highest BCUT2D eigenvalue weighted by Gasteiger charge is 2.40. The molecule has 35 heavy (non-hydrogen) atoms. The number of aliphatic hydroxyl groups is 1. The highest BCUT2D eigenvalue weighted by molar-refractivity contribution is 5.73. The monoisotopic (exact) mass is 478 g/mol. The fourth-order valence-electron chi connectivity index (χ4n) is 6.16. The molecule has 2 aliphatic rings. The summed E-state index contributed by atoms with van der Waals surface area (Å²) >= 11 is 0. The summed E-state index contributed by atoms with van der Waals surface area (Å²) in [6.07, 6.45) is 6.11. The minimum Gasteiger partial charge on any atom is -0.480 e. The van der Waals surface area contributed by atoms with E-state index in [4.69, 9.17) is 0 Å². The molecule has 4 rings (SSSR count). The standard InChI is InChI=1S/C30H42N2O3/c1-2-10-28(29(33)34)32-22-26(27(23-32)25-14-7-4-8-15-25)21-31-19-17-30(35,18-20-31)16-9-13-24-11-5-3-6-12-24/h3-8,11-12,14-15,26-28,35H,2,9-10,13,16-23H2,1H3,(H,33,34)/t26-,27+,28?/m0/s1. The molecule has 0 spiro atoms. The average molecular weight is 479 g/mol. The van der Waals surface area contributed by atoms with Crippen LogP contribution in [0.2, 0.25) is 0 Å². The van der Waals surface area contributed by atoms with Gasteiger partial charge in [0.2, 0.25) is 0 Å². The SMILES string of the molecule is CCCC(C(=O)O)N1C[C@H](CN2CCC(O)(CCCc3ccccc3)CC2)[C@@H](c2ccccc2)C1. The van der Waals surface area contributed by atoms with Gasteiger partial charge < -0.3 is 15.1 Å². The van der Waals surface area contributed by atoms with E-state index >= 15 is 0 Å². The summed E-state index contributed by atoms with van der Waals surface area (Å²) in [5.74, 6) is 0.0554. The van der Waals surface area contributed by atoms with Crippen molar-refractivity contribution in [1.29, 1.82) is 0 Å². The molecule has 2 aliphatic heterocycles. The number of nitrogens with zero attached hydrogens (tertiary/aromatic N) is 2. The molecule has 3 atom stereocenters. The Hall–Kier alpha value is -2.21. The molecule has 0 aliphatic carbocycles. The Morgan fingerprint density at radius 3 is 2.31 bits per heavy atom. The lowest BCUT2D eigenvalue weighted by atomic mass is 9.84. The number of hydrogen-bond donors (Lipinski definition) is 2. The lowest BCUT2D eigenvalue weighted by Crippen LogP contribution is -2.46. The third kappa shape index (κ3) is 6.93. The van der Waals surface area contributed by atoms with E-state index in [0.717, 1.165) is 71.2 Å². The topological polar surface area (TPSA) is 64.0 Å². The maximum Gasteiger partial charge on any atom is 0.320 e. The second kappa shape index (κ2) is 12.2. The molecular weight excluding hydrogens is 436 g/mol. The van der Waals surface area contributed by atoms with Gasteiger partial charge in [-0.3, -0.25) is 9.69 Å². The van der Waals surface area contributed by atoms with Gasteiger partial charge in [-0.1, -0.05) is 74.0 Å². The van der Waals surface area contributed by atoms with E-state index in [2.05, 4.69) is 65.3 Å². The first-order valence-corrected chi connectivity index (χ1v) is 13.5. The summed E-state index contributed by atoms with van der Waals surface area (Å²) < 4.78 is 0. The number of likely N-dealkylation sites (tertiary alicyclic amines) is 2. The van der Waals surface area contributed by atoms with E-state index in [1.165, 1.54) is 11.1 Å². The smallest absolute Gasteiger partial charge is 0.320 e. The molecule has 0 bridgehead atoms. The zero-order valence-electron chi connectivity index (χ0n) is 21.2. The summed E-state index contributed by atoms with van der Waals surface area (Å²) in [7, 11) is 0. The molecule has 0 radical (unpaired) electrons. The van der Waals surface area contributed by atoms with Crippen LogP contribution in [0.4, 0.5) is 0 Å². The van der Waals surface area contributed by atoms with Crippen LogP contribution < -0.4 is 0 Å². The van der Waals surface area contributed by atoms with Crippen molar-refractivity contribution in [1.82, 2.24) is 9.80 Å². The number of aliphatic carboxylic acids is 1. The molecule has 0 saturated carbocycles. The third-order valence-corrected chi connectivity index (χ3v) is 8.21. The first-order valence-electron chi connectivity index (χ1n) is 13.5. The van der Waals surface area contributed by atoms with Crippen LogP contribution in [0.5, 0.6) is 0 Å². The molecule has 190 valence electrons. The van der Waals surface area contributed by atoms with Gasteiger partial charge in [-0.2, -0.15) is 0 Å². The van der Waals surface area contributed by atoms with Crippen LogP contribution in [-0.2, 0) is 11.2 Å². The molecule has 2 fully saturated rings. The van der Waals surface area contributed by atoms with Gasteiger partial charge in [0, 0.05) is 38.6 Å². The fourth-order valence-corrected chi connectivity index (χ4v) is 6.16. The Morgan fingerprint density at radius 1 is 1.03 bits per heavy atom. The van der Waals surface area contributed by atoms with Crippen molar-refractivity contribution < 1.29 is 15.0 Å². The van der Waals surface area contributed by atoms with Gasteiger partial charge in [0.05, 0.1) is 5.60 Å². The number of carboxylic acids is 1. The maximum absolute atomic E-state index is 12.0. The molecule has 2 aromatic rings. The molecule has 1 unspecified atom stereocenters. The van der Waals surface area contributed by atoms with E-state index in [-0.39, 0.29) is 0 Å². The van der Waals surface area contributed by atoms with Crippen molar-refractivity contribution in [3.63, 3.8) is 0 Å². The van der Waals surface area contributed by atoms with Gasteiger partial charge in [-0.05, 0) is 55.6 Å². The van der Waals surface area contributed by atoms with Crippen LogP contribution in [-0.4, -0.2) is 70.3 Å². The maximum atomic E-state index is 12.0. The lowest BCUT2D eigenvalue weighted by Gasteiger charge is -2.40. The molecule has 2 heterocycles. The second-order valence-corrected chi connectivity index (χ2v) is 10.7. The third-order valence-electron chi connectivity index (χ3n) is 8.21. The van der Waals surface area contributed by atoms with Crippen molar-refractivity contribution in [2.75, 3.05) is 32.7 Å². The molecule has 5 heteroatoms. The summed E-state index contributed by atoms with van der Waals surface area (Å²) in [5.41, 5.74) is 2.10. The van der Waals surface area contributed by atoms with E-state index in [9.17, 15) is 15.0 Å². The molecule has 2 saturated heterocycles. The molecule has 5 nitrogen and oxygen atoms in total. The van der Waals surface area contributed by atoms with Gasteiger partial charge in [0.1, 0.15) is 6.04 Å². The zero-order valence-corrected chi connectivity index (χ0v) is 21.2.